The number of carbonyl (C=O) groups excluding carboxylic acids is 1. The van der Waals surface area contributed by atoms with Crippen LogP contribution in [-0.2, 0) is 4.79 Å². The first kappa shape index (κ1) is 19.3. The number of amides is 1. The normalized spacial score (nSPS) is 15.0. The van der Waals surface area contributed by atoms with Crippen LogP contribution in [0.1, 0.15) is 29.6 Å². The summed E-state index contributed by atoms with van der Waals surface area (Å²) in [5.41, 5.74) is 0.590. The number of rotatable bonds is 6. The highest BCUT2D eigenvalue weighted by Gasteiger charge is 2.21. The Labute approximate surface area is 142 Å². The number of unbranched alkanes of at least 4 members (excludes halogenated alkanes) is 1. The second kappa shape index (κ2) is 9.37. The molecule has 6 nitrogen and oxygen atoms in total. The zero-order valence-corrected chi connectivity index (χ0v) is 13.8. The molecule has 2 rings (SSSR count). The van der Waals surface area contributed by atoms with Gasteiger partial charge in [-0.05, 0) is 43.7 Å². The van der Waals surface area contributed by atoms with E-state index in [0.717, 1.165) is 26.1 Å². The Morgan fingerprint density at radius 2 is 1.61 bits per heavy atom. The van der Waals surface area contributed by atoms with E-state index >= 15 is 0 Å². The van der Waals surface area contributed by atoms with Gasteiger partial charge in [-0.2, -0.15) is 0 Å². The zero-order valence-electron chi connectivity index (χ0n) is 13.0. The van der Waals surface area contributed by atoms with Crippen molar-refractivity contribution in [1.29, 1.82) is 0 Å². The van der Waals surface area contributed by atoms with Crippen LogP contribution < -0.4 is 0 Å². The van der Waals surface area contributed by atoms with Crippen molar-refractivity contribution in [3.8, 4) is 5.75 Å². The summed E-state index contributed by atoms with van der Waals surface area (Å²) in [4.78, 5) is 26.9. The van der Waals surface area contributed by atoms with Crippen molar-refractivity contribution >= 4 is 24.3 Å². The Kier molecular flexibility index (Phi) is 7.85. The first-order chi connectivity index (χ1) is 10.6. The van der Waals surface area contributed by atoms with Crippen molar-refractivity contribution in [3.63, 3.8) is 0 Å². The Hall–Kier alpha value is -1.79. The third kappa shape index (κ3) is 6.08. The van der Waals surface area contributed by atoms with Gasteiger partial charge in [0.25, 0.3) is 5.91 Å². The number of hydrogen-bond donors (Lipinski definition) is 2. The molecule has 1 aliphatic heterocycles. The van der Waals surface area contributed by atoms with E-state index in [1.54, 1.807) is 12.1 Å². The molecule has 1 aromatic rings. The van der Waals surface area contributed by atoms with E-state index < -0.39 is 5.97 Å². The lowest BCUT2D eigenvalue weighted by molar-refractivity contribution is -0.137. The average Bonchev–Trinajstić information content (AvgIpc) is 2.52. The molecule has 7 heteroatoms. The van der Waals surface area contributed by atoms with E-state index in [1.807, 2.05) is 4.90 Å². The van der Waals surface area contributed by atoms with Gasteiger partial charge >= 0.3 is 5.97 Å². The highest BCUT2D eigenvalue weighted by molar-refractivity contribution is 5.94. The molecule has 1 aromatic carbocycles. The number of nitrogens with zero attached hydrogens (tertiary/aromatic N) is 2. The number of carboxylic acids is 1. The Bertz CT molecular complexity index is 513. The summed E-state index contributed by atoms with van der Waals surface area (Å²) >= 11 is 0. The van der Waals surface area contributed by atoms with Gasteiger partial charge < -0.3 is 15.1 Å². The number of hydrogen-bond acceptors (Lipinski definition) is 4. The quantitative estimate of drug-likeness (QED) is 0.771. The molecule has 0 saturated carbocycles. The summed E-state index contributed by atoms with van der Waals surface area (Å²) in [6, 6.07) is 6.31. The second-order valence-electron chi connectivity index (χ2n) is 5.53. The van der Waals surface area contributed by atoms with Crippen LogP contribution in [0.3, 0.4) is 0 Å². The number of piperazine rings is 1. The Morgan fingerprint density at radius 1 is 1.00 bits per heavy atom. The van der Waals surface area contributed by atoms with Crippen LogP contribution in [0.25, 0.3) is 0 Å². The topological polar surface area (TPSA) is 81.1 Å². The fourth-order valence-corrected chi connectivity index (χ4v) is 2.57. The van der Waals surface area contributed by atoms with Gasteiger partial charge in [-0.1, -0.05) is 0 Å². The number of aromatic hydroxyl groups is 1. The van der Waals surface area contributed by atoms with Crippen LogP contribution in [0.15, 0.2) is 24.3 Å². The molecule has 1 aliphatic rings. The van der Waals surface area contributed by atoms with E-state index in [4.69, 9.17) is 5.11 Å². The van der Waals surface area contributed by atoms with Crippen LogP contribution in [0.4, 0.5) is 0 Å². The average molecular weight is 343 g/mol. The minimum absolute atomic E-state index is 0. The minimum Gasteiger partial charge on any atom is -0.508 e. The number of carboxylic acid groups (broad SMARTS) is 1. The van der Waals surface area contributed by atoms with Crippen LogP contribution in [0.2, 0.25) is 0 Å². The van der Waals surface area contributed by atoms with Gasteiger partial charge in [0.2, 0.25) is 0 Å². The van der Waals surface area contributed by atoms with E-state index in [0.29, 0.717) is 25.1 Å². The van der Waals surface area contributed by atoms with Crippen molar-refractivity contribution in [3.05, 3.63) is 29.8 Å². The SMILES string of the molecule is Cl.O=C(O)CCCCN1CCN(C(=O)c2ccc(O)cc2)CC1. The lowest BCUT2D eigenvalue weighted by Crippen LogP contribution is -2.48. The predicted octanol–water partition coefficient (Wildman–Crippen LogP) is 1.83. The third-order valence-electron chi connectivity index (χ3n) is 3.89. The maximum Gasteiger partial charge on any atom is 0.303 e. The summed E-state index contributed by atoms with van der Waals surface area (Å²) in [5, 5.41) is 17.9. The molecule has 0 unspecified atom stereocenters. The van der Waals surface area contributed by atoms with E-state index in [9.17, 15) is 14.7 Å². The van der Waals surface area contributed by atoms with E-state index in [1.165, 1.54) is 12.1 Å². The highest BCUT2D eigenvalue weighted by Crippen LogP contribution is 2.13. The molecule has 0 aromatic heterocycles. The number of halogens is 1. The fourth-order valence-electron chi connectivity index (χ4n) is 2.57. The van der Waals surface area contributed by atoms with Crippen LogP contribution >= 0.6 is 12.4 Å². The molecule has 23 heavy (non-hydrogen) atoms. The maximum atomic E-state index is 12.3. The standard InChI is InChI=1S/C16H22N2O4.ClH/c19-14-6-4-13(5-7-14)16(22)18-11-9-17(10-12-18)8-2-1-3-15(20)21;/h4-7,19H,1-3,8-12H2,(H,20,21);1H. The van der Waals surface area contributed by atoms with E-state index in [2.05, 4.69) is 4.90 Å². The monoisotopic (exact) mass is 342 g/mol. The third-order valence-corrected chi connectivity index (χ3v) is 3.89. The molecule has 1 saturated heterocycles. The van der Waals surface area contributed by atoms with Gasteiger partial charge in [0.1, 0.15) is 5.75 Å². The number of phenols is 1. The number of carbonyl (C=O) groups is 2. The van der Waals surface area contributed by atoms with Crippen LogP contribution in [0, 0.1) is 0 Å². The fraction of sp³-hybridized carbons (Fsp3) is 0.500. The van der Waals surface area contributed by atoms with E-state index in [-0.39, 0.29) is 30.5 Å². The maximum absolute atomic E-state index is 12.3. The molecule has 2 N–H and O–H groups in total. The van der Waals surface area contributed by atoms with Gasteiger partial charge in [-0.25, -0.2) is 0 Å². The molecule has 1 amide bonds. The first-order valence-electron chi connectivity index (χ1n) is 7.59. The summed E-state index contributed by atoms with van der Waals surface area (Å²) in [7, 11) is 0. The van der Waals surface area contributed by atoms with Crippen molar-refractivity contribution in [2.75, 3.05) is 32.7 Å². The van der Waals surface area contributed by atoms with Crippen molar-refractivity contribution in [2.24, 2.45) is 0 Å². The van der Waals surface area contributed by atoms with Gasteiger partial charge in [0.15, 0.2) is 0 Å². The number of phenolic OH excluding ortho intramolecular Hbond substituents is 1. The molecule has 1 fully saturated rings. The van der Waals surface area contributed by atoms with Gasteiger partial charge in [0, 0.05) is 38.2 Å². The molecular weight excluding hydrogens is 320 g/mol. The molecule has 0 spiro atoms. The largest absolute Gasteiger partial charge is 0.508 e. The van der Waals surface area contributed by atoms with Gasteiger partial charge in [-0.3, -0.25) is 14.5 Å². The van der Waals surface area contributed by atoms with Crippen molar-refractivity contribution < 1.29 is 19.8 Å². The highest BCUT2D eigenvalue weighted by atomic mass is 35.5. The van der Waals surface area contributed by atoms with Crippen LogP contribution in [-0.4, -0.2) is 64.6 Å². The molecule has 128 valence electrons. The number of benzene rings is 1. The summed E-state index contributed by atoms with van der Waals surface area (Å²) in [6.07, 6.45) is 1.79. The zero-order chi connectivity index (χ0) is 15.9. The predicted molar refractivity (Wildman–Crippen MR) is 89.2 cm³/mol. The summed E-state index contributed by atoms with van der Waals surface area (Å²) in [5.74, 6) is -0.599. The molecule has 0 bridgehead atoms. The second-order valence-corrected chi connectivity index (χ2v) is 5.53. The molecule has 0 radical (unpaired) electrons. The summed E-state index contributed by atoms with van der Waals surface area (Å²) < 4.78 is 0. The Morgan fingerprint density at radius 3 is 2.17 bits per heavy atom. The number of aliphatic carboxylic acids is 1. The molecule has 1 heterocycles. The minimum atomic E-state index is -0.746. The van der Waals surface area contributed by atoms with Crippen molar-refractivity contribution in [2.45, 2.75) is 19.3 Å². The lowest BCUT2D eigenvalue weighted by Gasteiger charge is -2.34. The van der Waals surface area contributed by atoms with Crippen LogP contribution in [0.5, 0.6) is 5.75 Å². The molecular formula is C16H23ClN2O4. The van der Waals surface area contributed by atoms with Gasteiger partial charge in [-0.15, -0.1) is 12.4 Å². The smallest absolute Gasteiger partial charge is 0.303 e. The lowest BCUT2D eigenvalue weighted by atomic mass is 10.1. The van der Waals surface area contributed by atoms with Gasteiger partial charge in [0.05, 0.1) is 0 Å². The molecule has 0 atom stereocenters. The molecule has 0 aliphatic carbocycles. The first-order valence-corrected chi connectivity index (χ1v) is 7.59. The van der Waals surface area contributed by atoms with Crippen molar-refractivity contribution in [1.82, 2.24) is 9.80 Å². The Balaban J connectivity index is 0.00000264. The summed E-state index contributed by atoms with van der Waals surface area (Å²) in [6.45, 7) is 3.87.